The molecule has 1 aliphatic heterocycles. The van der Waals surface area contributed by atoms with Gasteiger partial charge in [-0.1, -0.05) is 60.1 Å². The van der Waals surface area contributed by atoms with Crippen LogP contribution < -0.4 is 10.7 Å². The highest BCUT2D eigenvalue weighted by Crippen LogP contribution is 2.24. The van der Waals surface area contributed by atoms with Crippen molar-refractivity contribution in [3.8, 4) is 5.75 Å². The van der Waals surface area contributed by atoms with Crippen LogP contribution in [0.25, 0.3) is 10.9 Å². The van der Waals surface area contributed by atoms with Crippen molar-refractivity contribution in [2.24, 2.45) is 5.10 Å². The van der Waals surface area contributed by atoms with Crippen molar-refractivity contribution in [3.63, 3.8) is 0 Å². The summed E-state index contributed by atoms with van der Waals surface area (Å²) in [6, 6.07) is 22.6. The summed E-state index contributed by atoms with van der Waals surface area (Å²) in [6.45, 7) is 3.03. The number of amides is 2. The SMILES string of the molecule is O=C(Cn1cc(C=NNC(=O)c2ccc(O)c(Cl)c2)c2ccccc21)NC1CCN(Cc2ccccc2)CC1. The Balaban J connectivity index is 1.18. The summed E-state index contributed by atoms with van der Waals surface area (Å²) < 4.78 is 1.90. The van der Waals surface area contributed by atoms with Crippen LogP contribution in [0, 0.1) is 0 Å². The predicted octanol–water partition coefficient (Wildman–Crippen LogP) is 4.55. The highest BCUT2D eigenvalue weighted by molar-refractivity contribution is 6.32. The molecule has 0 aliphatic carbocycles. The number of phenolic OH excluding ortho intramolecular Hbond substituents is 1. The largest absolute Gasteiger partial charge is 0.506 e. The number of hydrogen-bond donors (Lipinski definition) is 3. The first-order chi connectivity index (χ1) is 19.0. The molecule has 0 unspecified atom stereocenters. The number of nitrogens with one attached hydrogen (secondary N) is 2. The number of aromatic nitrogens is 1. The van der Waals surface area contributed by atoms with Gasteiger partial charge in [-0.2, -0.15) is 5.10 Å². The number of fused-ring (bicyclic) bond motifs is 1. The minimum absolute atomic E-state index is 0.0294. The van der Waals surface area contributed by atoms with Gasteiger partial charge in [0.1, 0.15) is 12.3 Å². The molecule has 9 heteroatoms. The third-order valence-corrected chi connectivity index (χ3v) is 7.22. The van der Waals surface area contributed by atoms with Gasteiger partial charge in [0.2, 0.25) is 5.91 Å². The van der Waals surface area contributed by atoms with Gasteiger partial charge in [0, 0.05) is 53.9 Å². The van der Waals surface area contributed by atoms with Crippen molar-refractivity contribution >= 4 is 40.5 Å². The Labute approximate surface area is 231 Å². The Morgan fingerprint density at radius 1 is 1.03 bits per heavy atom. The maximum Gasteiger partial charge on any atom is 0.271 e. The molecule has 1 aromatic heterocycles. The number of benzene rings is 3. The number of phenols is 1. The molecule has 2 heterocycles. The van der Waals surface area contributed by atoms with E-state index in [4.69, 9.17) is 11.6 Å². The lowest BCUT2D eigenvalue weighted by Crippen LogP contribution is -2.45. The maximum absolute atomic E-state index is 13.0. The molecule has 0 atom stereocenters. The summed E-state index contributed by atoms with van der Waals surface area (Å²) >= 11 is 5.89. The molecule has 200 valence electrons. The molecule has 39 heavy (non-hydrogen) atoms. The standard InChI is InChI=1S/C30H30ClN5O3/c31-26-16-22(10-11-28(26)37)30(39)34-32-17-23-19-36(27-9-5-4-8-25(23)27)20-29(38)33-24-12-14-35(15-13-24)18-21-6-2-1-3-7-21/h1-11,16-17,19,24,37H,12-15,18,20H2,(H,33,38)(H,34,39). The Morgan fingerprint density at radius 3 is 2.54 bits per heavy atom. The molecule has 4 aromatic rings. The Bertz CT molecular complexity index is 1490. The first-order valence-electron chi connectivity index (χ1n) is 12.9. The molecule has 1 fully saturated rings. The summed E-state index contributed by atoms with van der Waals surface area (Å²) in [5.41, 5.74) is 5.75. The van der Waals surface area contributed by atoms with Gasteiger partial charge in [-0.25, -0.2) is 5.43 Å². The fourth-order valence-corrected chi connectivity index (χ4v) is 5.07. The van der Waals surface area contributed by atoms with Crippen LogP contribution in [0.2, 0.25) is 5.02 Å². The maximum atomic E-state index is 13.0. The zero-order valence-corrected chi connectivity index (χ0v) is 22.1. The number of halogens is 1. The van der Waals surface area contributed by atoms with E-state index < -0.39 is 5.91 Å². The second-order valence-electron chi connectivity index (χ2n) is 9.70. The van der Waals surface area contributed by atoms with Crippen molar-refractivity contribution in [3.05, 3.63) is 101 Å². The molecule has 3 aromatic carbocycles. The quantitative estimate of drug-likeness (QED) is 0.224. The highest BCUT2D eigenvalue weighted by atomic mass is 35.5. The van der Waals surface area contributed by atoms with Gasteiger partial charge in [0.25, 0.3) is 5.91 Å². The Morgan fingerprint density at radius 2 is 1.77 bits per heavy atom. The van der Waals surface area contributed by atoms with E-state index in [1.54, 1.807) is 6.21 Å². The summed E-state index contributed by atoms with van der Waals surface area (Å²) in [4.78, 5) is 27.8. The predicted molar refractivity (Wildman–Crippen MR) is 153 cm³/mol. The van der Waals surface area contributed by atoms with Crippen molar-refractivity contribution in [2.75, 3.05) is 13.1 Å². The van der Waals surface area contributed by atoms with E-state index in [-0.39, 0.29) is 34.8 Å². The van der Waals surface area contributed by atoms with Gasteiger partial charge < -0.3 is 15.0 Å². The van der Waals surface area contributed by atoms with Crippen LogP contribution in [0.3, 0.4) is 0 Å². The molecule has 3 N–H and O–H groups in total. The zero-order valence-electron chi connectivity index (χ0n) is 21.4. The summed E-state index contributed by atoms with van der Waals surface area (Å²) in [7, 11) is 0. The van der Waals surface area contributed by atoms with Crippen LogP contribution in [0.4, 0.5) is 0 Å². The molecule has 0 spiro atoms. The molecule has 1 aliphatic rings. The number of rotatable bonds is 8. The molecule has 8 nitrogen and oxygen atoms in total. The van der Waals surface area contributed by atoms with E-state index in [1.807, 2.05) is 41.1 Å². The minimum atomic E-state index is -0.453. The monoisotopic (exact) mass is 543 g/mol. The van der Waals surface area contributed by atoms with Gasteiger partial charge in [-0.3, -0.25) is 14.5 Å². The van der Waals surface area contributed by atoms with Crippen LogP contribution >= 0.6 is 11.6 Å². The van der Waals surface area contributed by atoms with Gasteiger partial charge in [-0.05, 0) is 42.7 Å². The summed E-state index contributed by atoms with van der Waals surface area (Å²) in [5.74, 6) is -0.577. The van der Waals surface area contributed by atoms with Gasteiger partial charge >= 0.3 is 0 Å². The zero-order chi connectivity index (χ0) is 27.2. The molecule has 2 amide bonds. The number of likely N-dealkylation sites (tertiary alicyclic amines) is 1. The highest BCUT2D eigenvalue weighted by Gasteiger charge is 2.21. The van der Waals surface area contributed by atoms with Crippen LogP contribution in [-0.2, 0) is 17.9 Å². The molecule has 5 rings (SSSR count). The fourth-order valence-electron chi connectivity index (χ4n) is 4.89. The van der Waals surface area contributed by atoms with Crippen LogP contribution in [0.5, 0.6) is 5.75 Å². The third kappa shape index (κ3) is 6.66. The second-order valence-corrected chi connectivity index (χ2v) is 10.1. The Kier molecular flexibility index (Phi) is 8.24. The van der Waals surface area contributed by atoms with Crippen LogP contribution in [-0.4, -0.2) is 51.7 Å². The van der Waals surface area contributed by atoms with Crippen molar-refractivity contribution < 1.29 is 14.7 Å². The smallest absolute Gasteiger partial charge is 0.271 e. The van der Waals surface area contributed by atoms with E-state index >= 15 is 0 Å². The lowest BCUT2D eigenvalue weighted by molar-refractivity contribution is -0.122. The van der Waals surface area contributed by atoms with E-state index in [0.717, 1.165) is 48.9 Å². The topological polar surface area (TPSA) is 99.0 Å². The van der Waals surface area contributed by atoms with Crippen molar-refractivity contribution in [2.45, 2.75) is 32.0 Å². The molecule has 0 saturated carbocycles. The number of piperidine rings is 1. The summed E-state index contributed by atoms with van der Waals surface area (Å²) in [6.07, 6.45) is 5.27. The van der Waals surface area contributed by atoms with E-state index in [0.29, 0.717) is 0 Å². The van der Waals surface area contributed by atoms with Crippen molar-refractivity contribution in [1.29, 1.82) is 0 Å². The number of carbonyl (C=O) groups excluding carboxylic acids is 2. The van der Waals surface area contributed by atoms with Gasteiger partial charge in [0.05, 0.1) is 11.2 Å². The summed E-state index contributed by atoms with van der Waals surface area (Å²) in [5, 5.41) is 17.9. The molecular formula is C30H30ClN5O3. The van der Waals surface area contributed by atoms with Crippen molar-refractivity contribution in [1.82, 2.24) is 20.2 Å². The molecular weight excluding hydrogens is 514 g/mol. The van der Waals surface area contributed by atoms with E-state index in [1.165, 1.54) is 23.8 Å². The number of nitrogens with zero attached hydrogens (tertiary/aromatic N) is 3. The van der Waals surface area contributed by atoms with Gasteiger partial charge in [-0.15, -0.1) is 0 Å². The minimum Gasteiger partial charge on any atom is -0.506 e. The van der Waals surface area contributed by atoms with Crippen LogP contribution in [0.15, 0.2) is 84.1 Å². The number of para-hydroxylation sites is 1. The van der Waals surface area contributed by atoms with E-state index in [9.17, 15) is 14.7 Å². The molecule has 1 saturated heterocycles. The second kappa shape index (κ2) is 12.1. The van der Waals surface area contributed by atoms with E-state index in [2.05, 4.69) is 45.0 Å². The average molecular weight is 544 g/mol. The first-order valence-corrected chi connectivity index (χ1v) is 13.3. The Hall–Kier alpha value is -4.14. The number of hydrogen-bond acceptors (Lipinski definition) is 5. The number of aromatic hydroxyl groups is 1. The van der Waals surface area contributed by atoms with Crippen LogP contribution in [0.1, 0.15) is 34.3 Å². The number of carbonyl (C=O) groups is 2. The molecule has 0 radical (unpaired) electrons. The number of hydrazone groups is 1. The fraction of sp³-hybridized carbons (Fsp3) is 0.233. The van der Waals surface area contributed by atoms with Gasteiger partial charge in [0.15, 0.2) is 0 Å². The molecule has 0 bridgehead atoms. The normalized spacial score (nSPS) is 14.6. The first kappa shape index (κ1) is 26.5. The third-order valence-electron chi connectivity index (χ3n) is 6.91. The average Bonchev–Trinajstić information content (AvgIpc) is 3.29. The lowest BCUT2D eigenvalue weighted by atomic mass is 10.0. The lowest BCUT2D eigenvalue weighted by Gasteiger charge is -2.32.